The van der Waals surface area contributed by atoms with Crippen LogP contribution in [0.3, 0.4) is 0 Å². The van der Waals surface area contributed by atoms with E-state index in [1.54, 1.807) is 6.92 Å². The topological polar surface area (TPSA) is 38.1 Å². The quantitative estimate of drug-likeness (QED) is 0.797. The number of ketones is 1. The molecular formula is C13H21N3O. The monoisotopic (exact) mass is 235 g/mol. The number of rotatable bonds is 3. The molecule has 2 rings (SSSR count). The summed E-state index contributed by atoms with van der Waals surface area (Å²) in [5.74, 6) is 0.564. The maximum atomic E-state index is 11.4. The van der Waals surface area contributed by atoms with E-state index in [2.05, 4.69) is 16.1 Å². The van der Waals surface area contributed by atoms with Crippen LogP contribution in [0.15, 0.2) is 6.07 Å². The normalized spacial score (nSPS) is 21.7. The molecule has 0 aromatic carbocycles. The van der Waals surface area contributed by atoms with E-state index in [-0.39, 0.29) is 5.92 Å². The van der Waals surface area contributed by atoms with Gasteiger partial charge in [0.15, 0.2) is 0 Å². The van der Waals surface area contributed by atoms with Gasteiger partial charge in [0.05, 0.1) is 11.4 Å². The average molecular weight is 235 g/mol. The van der Waals surface area contributed by atoms with Gasteiger partial charge >= 0.3 is 0 Å². The van der Waals surface area contributed by atoms with Crippen molar-refractivity contribution in [2.45, 2.75) is 33.2 Å². The van der Waals surface area contributed by atoms with Gasteiger partial charge in [-0.3, -0.25) is 14.4 Å². The molecule has 0 spiro atoms. The maximum absolute atomic E-state index is 11.4. The molecule has 0 aliphatic carbocycles. The summed E-state index contributed by atoms with van der Waals surface area (Å²) in [4.78, 5) is 13.8. The average Bonchev–Trinajstić information content (AvgIpc) is 2.58. The zero-order valence-corrected chi connectivity index (χ0v) is 10.9. The Hall–Kier alpha value is -1.16. The van der Waals surface area contributed by atoms with E-state index in [1.807, 2.05) is 18.7 Å². The maximum Gasteiger partial charge on any atom is 0.134 e. The number of likely N-dealkylation sites (tertiary alicyclic amines) is 1. The largest absolute Gasteiger partial charge is 0.300 e. The van der Waals surface area contributed by atoms with Crippen LogP contribution in [0.25, 0.3) is 0 Å². The minimum absolute atomic E-state index is 0.234. The van der Waals surface area contributed by atoms with Crippen LogP contribution in [0.5, 0.6) is 0 Å². The first-order valence-electron chi connectivity index (χ1n) is 6.28. The third kappa shape index (κ3) is 2.94. The Morgan fingerprint density at radius 3 is 2.94 bits per heavy atom. The molecule has 1 unspecified atom stereocenters. The second-order valence-electron chi connectivity index (χ2n) is 5.09. The van der Waals surface area contributed by atoms with Crippen molar-refractivity contribution in [1.82, 2.24) is 14.7 Å². The SMILES string of the molecule is CC(=O)C1CCCN(Cc2cc(C)nn2C)C1. The smallest absolute Gasteiger partial charge is 0.134 e. The molecule has 0 bridgehead atoms. The van der Waals surface area contributed by atoms with E-state index in [9.17, 15) is 4.79 Å². The van der Waals surface area contributed by atoms with Crippen LogP contribution in [-0.2, 0) is 18.4 Å². The number of nitrogens with zero attached hydrogens (tertiary/aromatic N) is 3. The molecular weight excluding hydrogens is 214 g/mol. The van der Waals surface area contributed by atoms with E-state index in [0.717, 1.165) is 38.2 Å². The van der Waals surface area contributed by atoms with Crippen molar-refractivity contribution in [2.24, 2.45) is 13.0 Å². The number of carbonyl (C=O) groups excluding carboxylic acids is 1. The van der Waals surface area contributed by atoms with Crippen molar-refractivity contribution < 1.29 is 4.79 Å². The zero-order valence-electron chi connectivity index (χ0n) is 10.9. The lowest BCUT2D eigenvalue weighted by Gasteiger charge is -2.31. The summed E-state index contributed by atoms with van der Waals surface area (Å²) in [7, 11) is 1.98. The van der Waals surface area contributed by atoms with Crippen molar-refractivity contribution in [3.8, 4) is 0 Å². The molecule has 1 fully saturated rings. The highest BCUT2D eigenvalue weighted by Crippen LogP contribution is 2.19. The van der Waals surface area contributed by atoms with E-state index in [1.165, 1.54) is 5.69 Å². The van der Waals surface area contributed by atoms with Crippen molar-refractivity contribution in [3.63, 3.8) is 0 Å². The first kappa shape index (κ1) is 12.3. The number of hydrogen-bond donors (Lipinski definition) is 0. The van der Waals surface area contributed by atoms with E-state index < -0.39 is 0 Å². The Kier molecular flexibility index (Phi) is 3.62. The number of aromatic nitrogens is 2. The Balaban J connectivity index is 1.99. The molecule has 4 heteroatoms. The first-order valence-corrected chi connectivity index (χ1v) is 6.28. The lowest BCUT2D eigenvalue weighted by atomic mass is 9.94. The number of Topliss-reactive ketones (excluding diaryl/α,β-unsaturated/α-hetero) is 1. The Morgan fingerprint density at radius 1 is 1.59 bits per heavy atom. The fourth-order valence-electron chi connectivity index (χ4n) is 2.57. The molecule has 2 heterocycles. The molecule has 1 aliphatic rings. The summed E-state index contributed by atoms with van der Waals surface area (Å²) < 4.78 is 1.94. The summed E-state index contributed by atoms with van der Waals surface area (Å²) in [5.41, 5.74) is 2.29. The van der Waals surface area contributed by atoms with E-state index in [4.69, 9.17) is 0 Å². The third-order valence-electron chi connectivity index (χ3n) is 3.56. The van der Waals surface area contributed by atoms with Crippen molar-refractivity contribution in [2.75, 3.05) is 13.1 Å². The Morgan fingerprint density at radius 2 is 2.35 bits per heavy atom. The van der Waals surface area contributed by atoms with Gasteiger partial charge in [0.2, 0.25) is 0 Å². The van der Waals surface area contributed by atoms with Gasteiger partial charge in [-0.2, -0.15) is 5.10 Å². The Bertz CT molecular complexity index is 411. The third-order valence-corrected chi connectivity index (χ3v) is 3.56. The number of piperidine rings is 1. The fourth-order valence-corrected chi connectivity index (χ4v) is 2.57. The molecule has 4 nitrogen and oxygen atoms in total. The van der Waals surface area contributed by atoms with Crippen LogP contribution in [-0.4, -0.2) is 33.6 Å². The van der Waals surface area contributed by atoms with Gasteiger partial charge in [-0.15, -0.1) is 0 Å². The molecule has 1 saturated heterocycles. The van der Waals surface area contributed by atoms with Gasteiger partial charge in [0, 0.05) is 26.1 Å². The van der Waals surface area contributed by atoms with Crippen molar-refractivity contribution >= 4 is 5.78 Å². The Labute approximate surface area is 103 Å². The molecule has 1 aliphatic heterocycles. The summed E-state index contributed by atoms with van der Waals surface area (Å²) in [6, 6.07) is 2.12. The number of carbonyl (C=O) groups is 1. The highest BCUT2D eigenvalue weighted by molar-refractivity contribution is 5.78. The minimum atomic E-state index is 0.234. The minimum Gasteiger partial charge on any atom is -0.300 e. The van der Waals surface area contributed by atoms with Crippen LogP contribution in [0, 0.1) is 12.8 Å². The lowest BCUT2D eigenvalue weighted by Crippen LogP contribution is -2.37. The van der Waals surface area contributed by atoms with Crippen molar-refractivity contribution in [3.05, 3.63) is 17.5 Å². The zero-order chi connectivity index (χ0) is 12.4. The summed E-state index contributed by atoms with van der Waals surface area (Å²) in [5, 5.41) is 4.35. The van der Waals surface area contributed by atoms with E-state index >= 15 is 0 Å². The molecule has 1 aromatic heterocycles. The van der Waals surface area contributed by atoms with Crippen LogP contribution < -0.4 is 0 Å². The van der Waals surface area contributed by atoms with Gasteiger partial charge in [-0.25, -0.2) is 0 Å². The molecule has 1 aromatic rings. The summed E-state index contributed by atoms with van der Waals surface area (Å²) >= 11 is 0. The summed E-state index contributed by atoms with van der Waals surface area (Å²) in [6.07, 6.45) is 2.18. The molecule has 0 amide bonds. The second kappa shape index (κ2) is 5.00. The van der Waals surface area contributed by atoms with Gasteiger partial charge in [0.1, 0.15) is 5.78 Å². The molecule has 0 saturated carbocycles. The van der Waals surface area contributed by atoms with Crippen LogP contribution in [0.1, 0.15) is 31.2 Å². The fraction of sp³-hybridized carbons (Fsp3) is 0.692. The molecule has 0 radical (unpaired) electrons. The van der Waals surface area contributed by atoms with Gasteiger partial charge < -0.3 is 0 Å². The molecule has 17 heavy (non-hydrogen) atoms. The highest BCUT2D eigenvalue weighted by atomic mass is 16.1. The van der Waals surface area contributed by atoms with Crippen LogP contribution in [0.2, 0.25) is 0 Å². The lowest BCUT2D eigenvalue weighted by molar-refractivity contribution is -0.122. The molecule has 1 atom stereocenters. The number of hydrogen-bond acceptors (Lipinski definition) is 3. The highest BCUT2D eigenvalue weighted by Gasteiger charge is 2.23. The van der Waals surface area contributed by atoms with Gasteiger partial charge in [0.25, 0.3) is 0 Å². The second-order valence-corrected chi connectivity index (χ2v) is 5.09. The predicted molar refractivity (Wildman–Crippen MR) is 66.6 cm³/mol. The van der Waals surface area contributed by atoms with E-state index in [0.29, 0.717) is 5.78 Å². The standard InChI is InChI=1S/C13H21N3O/c1-10-7-13(15(3)14-10)9-16-6-4-5-12(8-16)11(2)17/h7,12H,4-6,8-9H2,1-3H3. The molecule has 94 valence electrons. The van der Waals surface area contributed by atoms with Crippen molar-refractivity contribution in [1.29, 1.82) is 0 Å². The predicted octanol–water partition coefficient (Wildman–Crippen LogP) is 1.53. The summed E-state index contributed by atoms with van der Waals surface area (Å²) in [6.45, 7) is 6.62. The first-order chi connectivity index (χ1) is 8.06. The van der Waals surface area contributed by atoms with Gasteiger partial charge in [-0.1, -0.05) is 0 Å². The number of aryl methyl sites for hydroxylation is 2. The molecule has 0 N–H and O–H groups in total. The van der Waals surface area contributed by atoms with Crippen LogP contribution in [0.4, 0.5) is 0 Å². The van der Waals surface area contributed by atoms with Crippen LogP contribution >= 0.6 is 0 Å². The van der Waals surface area contributed by atoms with Gasteiger partial charge in [-0.05, 0) is 39.3 Å².